The van der Waals surface area contributed by atoms with Crippen molar-refractivity contribution in [2.45, 2.75) is 62.7 Å². The summed E-state index contributed by atoms with van der Waals surface area (Å²) in [6, 6.07) is 1.84. The number of hydrogen-bond donors (Lipinski definition) is 4. The Labute approximate surface area is 258 Å². The van der Waals surface area contributed by atoms with E-state index < -0.39 is 45.5 Å². The number of nitrogens with zero attached hydrogens (tertiary/aromatic N) is 2. The van der Waals surface area contributed by atoms with E-state index in [9.17, 15) is 38.2 Å². The van der Waals surface area contributed by atoms with E-state index in [2.05, 4.69) is 0 Å². The molecule has 12 nitrogen and oxygen atoms in total. The van der Waals surface area contributed by atoms with Crippen molar-refractivity contribution in [1.29, 1.82) is 0 Å². The Balaban J connectivity index is 0.000000147. The largest absolute Gasteiger partial charge is 0.489 e. The molecule has 8 rings (SSSR count). The summed E-state index contributed by atoms with van der Waals surface area (Å²) in [5, 5.41) is 18.5. The summed E-state index contributed by atoms with van der Waals surface area (Å²) in [6.07, 6.45) is 5.22. The third-order valence-electron chi connectivity index (χ3n) is 9.37. The molecule has 4 heterocycles. The molecule has 0 bridgehead atoms. The van der Waals surface area contributed by atoms with Crippen LogP contribution in [0.4, 0.5) is 8.78 Å². The zero-order valence-corrected chi connectivity index (χ0v) is 24.9. The lowest BCUT2D eigenvalue weighted by Crippen LogP contribution is -2.30. The Hall–Kier alpha value is -4.82. The molecule has 0 amide bonds. The van der Waals surface area contributed by atoms with Crippen molar-refractivity contribution in [3.8, 4) is 11.5 Å². The standard InChI is InChI=1S/2C16H15FN2O4/c2*1-7-6-23-14-11(16(18)2-3-16)10(17)4-8-12(14)19(7)5-9(13(8)20)15(21)22/h2*4-5,7H,2-3,6,18H2,1H3,(H,21,22)/t2*7-/m00/s1. The normalized spacial score (nSPS) is 21.1. The van der Waals surface area contributed by atoms with Crippen molar-refractivity contribution in [3.63, 3.8) is 0 Å². The highest BCUT2D eigenvalue weighted by Crippen LogP contribution is 2.52. The third-order valence-corrected chi connectivity index (χ3v) is 9.37. The van der Waals surface area contributed by atoms with Gasteiger partial charge in [-0.25, -0.2) is 18.4 Å². The number of aromatic nitrogens is 2. The predicted octanol–water partition coefficient (Wildman–Crippen LogP) is 3.48. The van der Waals surface area contributed by atoms with Gasteiger partial charge >= 0.3 is 11.9 Å². The summed E-state index contributed by atoms with van der Waals surface area (Å²) in [4.78, 5) is 47.4. The molecule has 2 atom stereocenters. The zero-order chi connectivity index (χ0) is 33.0. The maximum absolute atomic E-state index is 14.6. The minimum absolute atomic E-state index is 0.0111. The summed E-state index contributed by atoms with van der Waals surface area (Å²) >= 11 is 0. The van der Waals surface area contributed by atoms with E-state index in [0.29, 0.717) is 36.7 Å². The summed E-state index contributed by atoms with van der Waals surface area (Å²) in [6.45, 7) is 4.21. The fourth-order valence-corrected chi connectivity index (χ4v) is 6.45. The summed E-state index contributed by atoms with van der Waals surface area (Å²) in [5.74, 6) is -3.36. The van der Waals surface area contributed by atoms with E-state index in [0.717, 1.165) is 12.1 Å². The molecular formula is C32H30F2N4O8. The van der Waals surface area contributed by atoms with E-state index in [1.165, 1.54) is 12.4 Å². The van der Waals surface area contributed by atoms with Gasteiger partial charge in [-0.1, -0.05) is 0 Å². The molecule has 46 heavy (non-hydrogen) atoms. The van der Waals surface area contributed by atoms with Crippen LogP contribution in [0.15, 0.2) is 34.1 Å². The number of halogens is 2. The smallest absolute Gasteiger partial charge is 0.341 e. The average Bonchev–Trinajstić information content (AvgIpc) is 3.92. The van der Waals surface area contributed by atoms with Crippen LogP contribution in [0.1, 0.15) is 83.5 Å². The quantitative estimate of drug-likeness (QED) is 0.258. The Morgan fingerprint density at radius 2 is 1.11 bits per heavy atom. The number of aromatic carboxylic acids is 2. The van der Waals surface area contributed by atoms with Crippen molar-refractivity contribution in [2.75, 3.05) is 13.2 Å². The average molecular weight is 637 g/mol. The van der Waals surface area contributed by atoms with Crippen LogP contribution in [0.25, 0.3) is 21.8 Å². The van der Waals surface area contributed by atoms with Crippen molar-refractivity contribution in [2.24, 2.45) is 11.5 Å². The zero-order valence-electron chi connectivity index (χ0n) is 24.9. The number of pyridine rings is 2. The predicted molar refractivity (Wildman–Crippen MR) is 161 cm³/mol. The molecule has 0 unspecified atom stereocenters. The maximum atomic E-state index is 14.6. The number of nitrogens with two attached hydrogens (primary N) is 2. The van der Waals surface area contributed by atoms with Crippen molar-refractivity contribution < 1.29 is 38.1 Å². The van der Waals surface area contributed by atoms with Crippen LogP contribution in [-0.2, 0) is 11.1 Å². The lowest BCUT2D eigenvalue weighted by atomic mass is 9.98. The van der Waals surface area contributed by atoms with E-state index in [1.54, 1.807) is 9.13 Å². The number of carboxylic acid groups (broad SMARTS) is 2. The van der Waals surface area contributed by atoms with Gasteiger partial charge in [0.2, 0.25) is 10.9 Å². The molecule has 4 aliphatic rings. The molecule has 2 aromatic heterocycles. The highest BCUT2D eigenvalue weighted by atomic mass is 19.1. The summed E-state index contributed by atoms with van der Waals surface area (Å²) in [5.41, 5.74) is 10.0. The number of carboxylic acids is 2. The van der Waals surface area contributed by atoms with E-state index in [1.807, 2.05) is 13.8 Å². The molecule has 0 radical (unpaired) electrons. The van der Waals surface area contributed by atoms with Crippen LogP contribution in [0.3, 0.4) is 0 Å². The first-order valence-electron chi connectivity index (χ1n) is 14.8. The van der Waals surface area contributed by atoms with Gasteiger partial charge in [-0.05, 0) is 51.7 Å². The van der Waals surface area contributed by atoms with Crippen LogP contribution in [0, 0.1) is 11.6 Å². The van der Waals surface area contributed by atoms with E-state index in [4.69, 9.17) is 20.9 Å². The molecule has 0 saturated heterocycles. The number of carbonyl (C=O) groups is 2. The van der Waals surface area contributed by atoms with E-state index >= 15 is 0 Å². The minimum Gasteiger partial charge on any atom is -0.489 e. The summed E-state index contributed by atoms with van der Waals surface area (Å²) in [7, 11) is 0. The Bertz CT molecular complexity index is 2010. The number of benzene rings is 2. The van der Waals surface area contributed by atoms with Gasteiger partial charge in [0.15, 0.2) is 11.5 Å². The Morgan fingerprint density at radius 1 is 0.761 bits per heavy atom. The van der Waals surface area contributed by atoms with Crippen molar-refractivity contribution >= 4 is 33.7 Å². The van der Waals surface area contributed by atoms with Gasteiger partial charge in [0.05, 0.1) is 45.0 Å². The monoisotopic (exact) mass is 636 g/mol. The molecule has 2 saturated carbocycles. The molecular weight excluding hydrogens is 606 g/mol. The third kappa shape index (κ3) is 4.31. The Kier molecular flexibility index (Phi) is 6.39. The maximum Gasteiger partial charge on any atom is 0.341 e. The van der Waals surface area contributed by atoms with Crippen LogP contribution >= 0.6 is 0 Å². The Morgan fingerprint density at radius 3 is 1.41 bits per heavy atom. The van der Waals surface area contributed by atoms with Crippen molar-refractivity contribution in [1.82, 2.24) is 9.13 Å². The molecule has 6 N–H and O–H groups in total. The van der Waals surface area contributed by atoms with Crippen LogP contribution in [0.2, 0.25) is 0 Å². The topological polar surface area (TPSA) is 189 Å². The van der Waals surface area contributed by atoms with Gasteiger partial charge in [0, 0.05) is 23.5 Å². The van der Waals surface area contributed by atoms with Crippen LogP contribution in [0.5, 0.6) is 11.5 Å². The molecule has 4 aromatic rings. The minimum atomic E-state index is -1.33. The molecule has 240 valence electrons. The molecule has 2 aliphatic heterocycles. The molecule has 2 aliphatic carbocycles. The summed E-state index contributed by atoms with van der Waals surface area (Å²) < 4.78 is 44.0. The van der Waals surface area contributed by atoms with Gasteiger partial charge in [-0.2, -0.15) is 0 Å². The van der Waals surface area contributed by atoms with Crippen LogP contribution < -0.4 is 31.8 Å². The molecule has 14 heteroatoms. The SMILES string of the molecule is C[C@H]1COc2c(C3(N)CC3)c(F)cc3c(=O)c(C(=O)O)cn1c23.C[C@H]1COc2c(C3(N)CC3)c(F)cc3c(=O)c(C(=O)O)cn1c23. The van der Waals surface area contributed by atoms with Gasteiger partial charge < -0.3 is 40.3 Å². The van der Waals surface area contributed by atoms with Gasteiger partial charge in [0.25, 0.3) is 0 Å². The van der Waals surface area contributed by atoms with E-state index in [-0.39, 0.29) is 69.8 Å². The van der Waals surface area contributed by atoms with Crippen molar-refractivity contribution in [3.05, 3.63) is 78.9 Å². The lowest BCUT2D eigenvalue weighted by Gasteiger charge is -2.29. The first-order valence-corrected chi connectivity index (χ1v) is 14.8. The van der Waals surface area contributed by atoms with Gasteiger partial charge in [-0.3, -0.25) is 9.59 Å². The van der Waals surface area contributed by atoms with Gasteiger partial charge in [-0.15, -0.1) is 0 Å². The lowest BCUT2D eigenvalue weighted by molar-refractivity contribution is 0.0683. The van der Waals surface area contributed by atoms with Gasteiger partial charge in [0.1, 0.15) is 36.0 Å². The fraction of sp³-hybridized carbons (Fsp3) is 0.375. The molecule has 0 spiro atoms. The highest BCUT2D eigenvalue weighted by molar-refractivity contribution is 5.96. The number of hydrogen-bond acceptors (Lipinski definition) is 8. The second-order valence-corrected chi connectivity index (χ2v) is 12.7. The van der Waals surface area contributed by atoms with Crippen LogP contribution in [-0.4, -0.2) is 44.5 Å². The first-order chi connectivity index (χ1) is 21.7. The fourth-order valence-electron chi connectivity index (χ4n) is 6.45. The molecule has 2 fully saturated rings. The molecule has 2 aromatic carbocycles. The number of rotatable bonds is 4. The second-order valence-electron chi connectivity index (χ2n) is 12.7. The first kappa shape index (κ1) is 29.9. The highest BCUT2D eigenvalue weighted by Gasteiger charge is 2.47. The number of ether oxygens (including phenoxy) is 2. The second kappa shape index (κ2) is 9.84.